The van der Waals surface area contributed by atoms with Crippen LogP contribution in [-0.2, 0) is 11.3 Å². The number of amides is 1. The van der Waals surface area contributed by atoms with Gasteiger partial charge in [0.1, 0.15) is 18.0 Å². The van der Waals surface area contributed by atoms with Gasteiger partial charge in [-0.05, 0) is 30.7 Å². The Hall–Kier alpha value is -3.43. The molecule has 1 aliphatic rings. The minimum atomic E-state index is -0.584. The minimum absolute atomic E-state index is 0.0417. The van der Waals surface area contributed by atoms with E-state index in [1.54, 1.807) is 35.4 Å². The second-order valence-corrected chi connectivity index (χ2v) is 7.47. The van der Waals surface area contributed by atoms with E-state index in [4.69, 9.17) is 10.6 Å². The molecule has 1 amide bonds. The summed E-state index contributed by atoms with van der Waals surface area (Å²) in [4.78, 5) is 32.7. The molecule has 1 saturated heterocycles. The first-order chi connectivity index (χ1) is 15.5. The molecule has 0 aliphatic carbocycles. The average molecular weight is 436 g/mol. The number of aryl methyl sites for hydroxylation is 1. The number of nitrogen functional groups attached to an aromatic ring is 1. The Kier molecular flexibility index (Phi) is 6.38. The molecule has 0 unspecified atom stereocenters. The SMILES string of the molecule is CCc1ncnc(-c2ccc(C(=O)N3CCN(OC)CC3)c(F)c2)c1-c1ccc(N)nc1. The molecule has 1 aromatic carbocycles. The molecule has 8 nitrogen and oxygen atoms in total. The fourth-order valence-electron chi connectivity index (χ4n) is 3.85. The van der Waals surface area contributed by atoms with Crippen molar-refractivity contribution in [2.24, 2.45) is 0 Å². The molecule has 2 N–H and O–H groups in total. The van der Waals surface area contributed by atoms with E-state index in [0.717, 1.165) is 16.8 Å². The number of hydroxylamine groups is 2. The zero-order valence-corrected chi connectivity index (χ0v) is 18.1. The molecule has 0 atom stereocenters. The van der Waals surface area contributed by atoms with Crippen molar-refractivity contribution in [1.29, 1.82) is 0 Å². The normalized spacial score (nSPS) is 14.5. The Labute approximate surface area is 185 Å². The maximum Gasteiger partial charge on any atom is 0.256 e. The molecule has 9 heteroatoms. The molecule has 0 radical (unpaired) electrons. The first-order valence-electron chi connectivity index (χ1n) is 10.5. The van der Waals surface area contributed by atoms with Crippen molar-refractivity contribution < 1.29 is 14.0 Å². The maximum absolute atomic E-state index is 15.1. The lowest BCUT2D eigenvalue weighted by atomic mass is 9.96. The number of aromatic nitrogens is 3. The lowest BCUT2D eigenvalue weighted by Crippen LogP contribution is -2.48. The van der Waals surface area contributed by atoms with Gasteiger partial charge in [0.2, 0.25) is 0 Å². The molecule has 2 aromatic heterocycles. The molecule has 1 fully saturated rings. The predicted octanol–water partition coefficient (Wildman–Crippen LogP) is 2.81. The number of benzene rings is 1. The van der Waals surface area contributed by atoms with Crippen LogP contribution in [0, 0.1) is 5.82 Å². The van der Waals surface area contributed by atoms with Crippen LogP contribution in [0.4, 0.5) is 10.2 Å². The number of carbonyl (C=O) groups is 1. The van der Waals surface area contributed by atoms with Crippen LogP contribution in [0.5, 0.6) is 0 Å². The lowest BCUT2D eigenvalue weighted by molar-refractivity contribution is -0.147. The van der Waals surface area contributed by atoms with Crippen LogP contribution in [0.3, 0.4) is 0 Å². The Morgan fingerprint density at radius 1 is 1.09 bits per heavy atom. The number of piperazine rings is 1. The summed E-state index contributed by atoms with van der Waals surface area (Å²) in [5.41, 5.74) is 9.30. The second kappa shape index (κ2) is 9.37. The summed E-state index contributed by atoms with van der Waals surface area (Å²) in [5, 5.41) is 1.78. The van der Waals surface area contributed by atoms with Gasteiger partial charge < -0.3 is 15.5 Å². The lowest BCUT2D eigenvalue weighted by Gasteiger charge is -2.33. The number of carbonyl (C=O) groups excluding carboxylic acids is 1. The number of anilines is 1. The van der Waals surface area contributed by atoms with Crippen molar-refractivity contribution in [2.75, 3.05) is 39.0 Å². The van der Waals surface area contributed by atoms with Crippen LogP contribution in [0.25, 0.3) is 22.4 Å². The largest absolute Gasteiger partial charge is 0.384 e. The molecule has 166 valence electrons. The van der Waals surface area contributed by atoms with Crippen molar-refractivity contribution >= 4 is 11.7 Å². The highest BCUT2D eigenvalue weighted by molar-refractivity contribution is 5.95. The highest BCUT2D eigenvalue weighted by atomic mass is 19.1. The van der Waals surface area contributed by atoms with Gasteiger partial charge in [-0.2, -0.15) is 5.06 Å². The zero-order chi connectivity index (χ0) is 22.7. The van der Waals surface area contributed by atoms with E-state index in [-0.39, 0.29) is 11.5 Å². The van der Waals surface area contributed by atoms with Crippen LogP contribution in [0.2, 0.25) is 0 Å². The van der Waals surface area contributed by atoms with E-state index < -0.39 is 5.82 Å². The summed E-state index contributed by atoms with van der Waals surface area (Å²) >= 11 is 0. The Morgan fingerprint density at radius 2 is 1.84 bits per heavy atom. The molecule has 3 aromatic rings. The smallest absolute Gasteiger partial charge is 0.256 e. The third-order valence-corrected chi connectivity index (χ3v) is 5.59. The van der Waals surface area contributed by atoms with Crippen LogP contribution < -0.4 is 5.73 Å². The number of halogens is 1. The predicted molar refractivity (Wildman–Crippen MR) is 119 cm³/mol. The first kappa shape index (κ1) is 21.8. The summed E-state index contributed by atoms with van der Waals surface area (Å²) in [7, 11) is 1.60. The van der Waals surface area contributed by atoms with Gasteiger partial charge in [-0.25, -0.2) is 19.3 Å². The van der Waals surface area contributed by atoms with Gasteiger partial charge in [-0.15, -0.1) is 0 Å². The van der Waals surface area contributed by atoms with Gasteiger partial charge in [-0.1, -0.05) is 13.0 Å². The molecule has 0 saturated carbocycles. The van der Waals surface area contributed by atoms with Crippen molar-refractivity contribution in [3.05, 3.63) is 59.9 Å². The van der Waals surface area contributed by atoms with Crippen LogP contribution in [0.1, 0.15) is 23.0 Å². The summed E-state index contributed by atoms with van der Waals surface area (Å²) in [6.07, 6.45) is 3.79. The number of nitrogens with zero attached hydrogens (tertiary/aromatic N) is 5. The number of pyridine rings is 1. The van der Waals surface area contributed by atoms with Crippen LogP contribution in [-0.4, -0.2) is 64.1 Å². The van der Waals surface area contributed by atoms with Crippen molar-refractivity contribution in [1.82, 2.24) is 24.9 Å². The maximum atomic E-state index is 15.1. The molecule has 3 heterocycles. The molecule has 0 bridgehead atoms. The number of hydrogen-bond donors (Lipinski definition) is 1. The number of rotatable bonds is 5. The highest BCUT2D eigenvalue weighted by Gasteiger charge is 2.25. The van der Waals surface area contributed by atoms with Gasteiger partial charge in [0.15, 0.2) is 0 Å². The molecular formula is C23H25FN6O2. The summed E-state index contributed by atoms with van der Waals surface area (Å²) in [6.45, 7) is 4.12. The van der Waals surface area contributed by atoms with Crippen LogP contribution >= 0.6 is 0 Å². The van der Waals surface area contributed by atoms with E-state index in [0.29, 0.717) is 49.7 Å². The Morgan fingerprint density at radius 3 is 2.47 bits per heavy atom. The van der Waals surface area contributed by atoms with Gasteiger partial charge in [0, 0.05) is 49.1 Å². The first-order valence-corrected chi connectivity index (χ1v) is 10.5. The van der Waals surface area contributed by atoms with E-state index in [1.165, 1.54) is 18.5 Å². The third-order valence-electron chi connectivity index (χ3n) is 5.59. The Balaban J connectivity index is 1.68. The zero-order valence-electron chi connectivity index (χ0n) is 18.1. The molecule has 0 spiro atoms. The molecule has 32 heavy (non-hydrogen) atoms. The number of nitrogens with two attached hydrogens (primary N) is 1. The van der Waals surface area contributed by atoms with Crippen LogP contribution in [0.15, 0.2) is 42.9 Å². The van der Waals surface area contributed by atoms with E-state index >= 15 is 4.39 Å². The van der Waals surface area contributed by atoms with E-state index in [1.807, 2.05) is 13.0 Å². The average Bonchev–Trinajstić information content (AvgIpc) is 2.83. The third kappa shape index (κ3) is 4.30. The van der Waals surface area contributed by atoms with E-state index in [2.05, 4.69) is 15.0 Å². The monoisotopic (exact) mass is 436 g/mol. The summed E-state index contributed by atoms with van der Waals surface area (Å²) < 4.78 is 15.1. The van der Waals surface area contributed by atoms with E-state index in [9.17, 15) is 4.79 Å². The van der Waals surface area contributed by atoms with Crippen molar-refractivity contribution in [3.8, 4) is 22.4 Å². The second-order valence-electron chi connectivity index (χ2n) is 7.47. The topological polar surface area (TPSA) is 97.5 Å². The molecular weight excluding hydrogens is 411 g/mol. The van der Waals surface area contributed by atoms with Crippen molar-refractivity contribution in [2.45, 2.75) is 13.3 Å². The fourth-order valence-corrected chi connectivity index (χ4v) is 3.85. The van der Waals surface area contributed by atoms with Crippen molar-refractivity contribution in [3.63, 3.8) is 0 Å². The fraction of sp³-hybridized carbons (Fsp3) is 0.304. The highest BCUT2D eigenvalue weighted by Crippen LogP contribution is 2.33. The summed E-state index contributed by atoms with van der Waals surface area (Å²) in [5.74, 6) is -0.505. The molecule has 4 rings (SSSR count). The van der Waals surface area contributed by atoms with Gasteiger partial charge in [0.05, 0.1) is 24.1 Å². The minimum Gasteiger partial charge on any atom is -0.384 e. The standard InChI is InChI=1S/C23H25FN6O2/c1-3-19-21(16-5-7-20(25)26-13-16)22(28-14-27-19)15-4-6-17(18(24)12-15)23(31)29-8-10-30(32-2)11-9-29/h4-7,12-14H,3,8-11H2,1-2H3,(H2,25,26). The Bertz CT molecular complexity index is 1110. The van der Waals surface area contributed by atoms with Gasteiger partial charge in [0.25, 0.3) is 5.91 Å². The van der Waals surface area contributed by atoms with Gasteiger partial charge in [-0.3, -0.25) is 4.79 Å². The summed E-state index contributed by atoms with van der Waals surface area (Å²) in [6, 6.07) is 8.15. The quantitative estimate of drug-likeness (QED) is 0.657. The van der Waals surface area contributed by atoms with Gasteiger partial charge >= 0.3 is 0 Å². The number of hydrogen-bond acceptors (Lipinski definition) is 7. The molecule has 1 aliphatic heterocycles.